The second-order valence-electron chi connectivity index (χ2n) is 1.34. The van der Waals surface area contributed by atoms with Crippen molar-refractivity contribution in [1.29, 1.82) is 0 Å². The number of hydrogen-bond acceptors (Lipinski definition) is 4. The third-order valence-electron chi connectivity index (χ3n) is 0.517. The Morgan fingerprint density at radius 3 is 1.75 bits per heavy atom. The number of amides is 2. The number of carbonyl (C=O) groups is 2. The molecular formula is C5H10N2O4Y-2. The normalized spacial score (nSPS) is 6.83. The summed E-state index contributed by atoms with van der Waals surface area (Å²) in [6.07, 6.45) is -0.877. The van der Waals surface area contributed by atoms with E-state index in [-0.39, 0.29) is 32.7 Å². The SMILES string of the molecule is CCC([NH-])=O.[NH-]C(=O)OCO.[Y]. The summed E-state index contributed by atoms with van der Waals surface area (Å²) in [5, 5.41) is 7.67. The summed E-state index contributed by atoms with van der Waals surface area (Å²) in [5.41, 5.74) is 12.1. The van der Waals surface area contributed by atoms with Gasteiger partial charge in [0.25, 0.3) is 0 Å². The molecule has 12 heavy (non-hydrogen) atoms. The molecule has 0 aromatic heterocycles. The van der Waals surface area contributed by atoms with Crippen LogP contribution in [-0.4, -0.2) is 23.9 Å². The maximum absolute atomic E-state index is 9.48. The Kier molecular flexibility index (Phi) is 19.8. The van der Waals surface area contributed by atoms with Crippen molar-refractivity contribution in [2.75, 3.05) is 6.79 Å². The molecule has 0 bridgehead atoms. The van der Waals surface area contributed by atoms with Gasteiger partial charge in [-0.1, -0.05) is 6.92 Å². The fourth-order valence-corrected chi connectivity index (χ4v) is 0.0586. The average Bonchev–Trinajstić information content (AvgIpc) is 1.89. The van der Waals surface area contributed by atoms with E-state index in [0.29, 0.717) is 6.42 Å². The van der Waals surface area contributed by atoms with Gasteiger partial charge in [-0.25, -0.2) is 0 Å². The Balaban J connectivity index is -0.000000126. The molecule has 0 heterocycles. The number of hydrogen-bond donors (Lipinski definition) is 1. The topological polar surface area (TPSA) is 111 Å². The number of aliphatic hydroxyl groups is 1. The van der Waals surface area contributed by atoms with E-state index < -0.39 is 18.8 Å². The van der Waals surface area contributed by atoms with Crippen LogP contribution in [0.3, 0.4) is 0 Å². The van der Waals surface area contributed by atoms with Crippen molar-refractivity contribution in [1.82, 2.24) is 0 Å². The van der Waals surface area contributed by atoms with Crippen LogP contribution in [-0.2, 0) is 42.2 Å². The molecule has 0 spiro atoms. The Hall–Kier alpha value is -0.196. The first kappa shape index (κ1) is 17.8. The van der Waals surface area contributed by atoms with E-state index in [4.69, 9.17) is 16.6 Å². The molecule has 1 radical (unpaired) electrons. The fraction of sp³-hybridized carbons (Fsp3) is 0.600. The van der Waals surface area contributed by atoms with Crippen molar-refractivity contribution in [3.05, 3.63) is 11.5 Å². The summed E-state index contributed by atoms with van der Waals surface area (Å²) < 4.78 is 3.62. The first-order chi connectivity index (χ1) is 5.04. The van der Waals surface area contributed by atoms with E-state index in [0.717, 1.165) is 0 Å². The number of aliphatic hydroxyl groups excluding tert-OH is 1. The van der Waals surface area contributed by atoms with Gasteiger partial charge < -0.3 is 26.1 Å². The maximum atomic E-state index is 9.48. The first-order valence-electron chi connectivity index (χ1n) is 2.78. The van der Waals surface area contributed by atoms with Crippen molar-refractivity contribution >= 4 is 12.0 Å². The molecule has 3 N–H and O–H groups in total. The molecule has 0 aromatic rings. The van der Waals surface area contributed by atoms with Crippen LogP contribution in [0.25, 0.3) is 11.5 Å². The second kappa shape index (κ2) is 13.4. The zero-order valence-electron chi connectivity index (χ0n) is 6.66. The van der Waals surface area contributed by atoms with Gasteiger partial charge in [-0.2, -0.15) is 0 Å². The Morgan fingerprint density at radius 2 is 1.75 bits per heavy atom. The minimum absolute atomic E-state index is 0. The van der Waals surface area contributed by atoms with E-state index in [9.17, 15) is 9.59 Å². The zero-order valence-corrected chi connectivity index (χ0v) is 9.50. The predicted octanol–water partition coefficient (Wildman–Crippen LogP) is 1.10. The molecule has 69 valence electrons. The van der Waals surface area contributed by atoms with Crippen LogP contribution in [0.4, 0.5) is 4.79 Å². The minimum Gasteiger partial charge on any atom is -0.668 e. The Bertz CT molecular complexity index is 131. The van der Waals surface area contributed by atoms with E-state index in [1.54, 1.807) is 6.92 Å². The van der Waals surface area contributed by atoms with Crippen LogP contribution >= 0.6 is 0 Å². The summed E-state index contributed by atoms with van der Waals surface area (Å²) >= 11 is 0. The smallest absolute Gasteiger partial charge is 0.229 e. The second-order valence-corrected chi connectivity index (χ2v) is 1.34. The van der Waals surface area contributed by atoms with Gasteiger partial charge in [-0.15, -0.1) is 0 Å². The maximum Gasteiger partial charge on any atom is 0.229 e. The third-order valence-corrected chi connectivity index (χ3v) is 0.517. The van der Waals surface area contributed by atoms with Gasteiger partial charge >= 0.3 is 0 Å². The number of carbonyl (C=O) groups excluding carboxylic acids is 2. The Morgan fingerprint density at radius 1 is 1.42 bits per heavy atom. The van der Waals surface area contributed by atoms with E-state index in [1.807, 2.05) is 0 Å². The van der Waals surface area contributed by atoms with Crippen molar-refractivity contribution in [2.24, 2.45) is 0 Å². The van der Waals surface area contributed by atoms with E-state index >= 15 is 0 Å². The standard InChI is InChI=1S/C3H7NO.C2H5NO3.Y/c1-2-3(4)5;3-2(5)6-1-4;/h2H2,1H3,(H2,4,5);4H,1H2,(H2,3,5);/p-2. The van der Waals surface area contributed by atoms with Crippen LogP contribution in [0.15, 0.2) is 0 Å². The molecule has 7 heteroatoms. The van der Waals surface area contributed by atoms with Crippen LogP contribution in [0.5, 0.6) is 0 Å². The first-order valence-corrected chi connectivity index (χ1v) is 2.78. The molecule has 0 aromatic carbocycles. The van der Waals surface area contributed by atoms with E-state index in [2.05, 4.69) is 4.74 Å². The number of rotatable bonds is 2. The van der Waals surface area contributed by atoms with Crippen LogP contribution < -0.4 is 0 Å². The molecule has 6 nitrogen and oxygen atoms in total. The van der Waals surface area contributed by atoms with Crippen molar-refractivity contribution < 1.29 is 52.1 Å². The molecule has 0 saturated heterocycles. The molecule has 0 saturated carbocycles. The van der Waals surface area contributed by atoms with Crippen molar-refractivity contribution in [2.45, 2.75) is 13.3 Å². The molecule has 0 unspecified atom stereocenters. The summed E-state index contributed by atoms with van der Waals surface area (Å²) in [6, 6.07) is 0. The van der Waals surface area contributed by atoms with Gasteiger partial charge in [0.05, 0.1) is 0 Å². The van der Waals surface area contributed by atoms with Gasteiger partial charge in [0.1, 0.15) is 0 Å². The van der Waals surface area contributed by atoms with Gasteiger partial charge in [-0.3, -0.25) is 4.79 Å². The quantitative estimate of drug-likeness (QED) is 0.740. The summed E-state index contributed by atoms with van der Waals surface area (Å²) in [6.45, 7) is 0.956. The molecule has 0 aliphatic heterocycles. The van der Waals surface area contributed by atoms with Crippen LogP contribution in [0, 0.1) is 0 Å². The van der Waals surface area contributed by atoms with E-state index in [1.165, 1.54) is 0 Å². The van der Waals surface area contributed by atoms with Crippen molar-refractivity contribution in [3.8, 4) is 0 Å². The number of ether oxygens (including phenoxy) is 1. The zero-order chi connectivity index (χ0) is 9.28. The molecule has 0 aliphatic carbocycles. The van der Waals surface area contributed by atoms with Gasteiger partial charge in [0.2, 0.25) is 6.09 Å². The van der Waals surface area contributed by atoms with Crippen LogP contribution in [0.2, 0.25) is 0 Å². The third kappa shape index (κ3) is 32.9. The van der Waals surface area contributed by atoms with Gasteiger partial charge in [0.15, 0.2) is 6.79 Å². The summed E-state index contributed by atoms with van der Waals surface area (Å²) in [4.78, 5) is 18.8. The molecular weight excluding hydrogens is 241 g/mol. The monoisotopic (exact) mass is 251 g/mol. The minimum atomic E-state index is -1.21. The Labute approximate surface area is 95.5 Å². The molecule has 0 atom stereocenters. The van der Waals surface area contributed by atoms with Gasteiger partial charge in [-0.05, 0) is 6.42 Å². The molecule has 0 fully saturated rings. The van der Waals surface area contributed by atoms with Crippen LogP contribution in [0.1, 0.15) is 13.3 Å². The predicted molar refractivity (Wildman–Crippen MR) is 37.5 cm³/mol. The average molecular weight is 251 g/mol. The van der Waals surface area contributed by atoms with Gasteiger partial charge in [0, 0.05) is 38.6 Å². The molecule has 0 aliphatic rings. The largest absolute Gasteiger partial charge is 0.668 e. The van der Waals surface area contributed by atoms with Crippen molar-refractivity contribution in [3.63, 3.8) is 0 Å². The summed E-state index contributed by atoms with van der Waals surface area (Å²) in [5.74, 6) is -0.495. The number of nitrogens with one attached hydrogen (secondary N) is 2. The summed E-state index contributed by atoms with van der Waals surface area (Å²) in [7, 11) is 0. The fourth-order valence-electron chi connectivity index (χ4n) is 0.0586. The molecule has 2 amide bonds. The molecule has 0 rings (SSSR count).